The summed E-state index contributed by atoms with van der Waals surface area (Å²) in [5, 5.41) is 15.5. The van der Waals surface area contributed by atoms with Crippen LogP contribution in [0, 0.1) is 17.1 Å². The van der Waals surface area contributed by atoms with Crippen LogP contribution >= 0.6 is 11.6 Å². The lowest BCUT2D eigenvalue weighted by Gasteiger charge is -2.30. The quantitative estimate of drug-likeness (QED) is 0.716. The molecule has 1 amide bonds. The molecule has 2 fully saturated rings. The molecule has 0 bridgehead atoms. The SMILES string of the molecule is N#Cc1ccc(O[C@H]2CC[C@H](NC(=O)c3cnc(N4CCNCC4)cc3F)CC2)cc1Cl. The summed E-state index contributed by atoms with van der Waals surface area (Å²) in [5.41, 5.74) is 0.377. The molecule has 1 saturated heterocycles. The number of aromatic nitrogens is 1. The normalized spacial score (nSPS) is 21.0. The highest BCUT2D eigenvalue weighted by atomic mass is 35.5. The second kappa shape index (κ2) is 10.2. The fourth-order valence-corrected chi connectivity index (χ4v) is 4.31. The maximum Gasteiger partial charge on any atom is 0.256 e. The number of anilines is 1. The zero-order chi connectivity index (χ0) is 22.5. The molecule has 2 aromatic rings. The Bertz CT molecular complexity index is 1010. The van der Waals surface area contributed by atoms with Gasteiger partial charge in [-0.3, -0.25) is 4.79 Å². The zero-order valence-corrected chi connectivity index (χ0v) is 18.4. The number of pyridine rings is 1. The number of nitrogens with zero attached hydrogens (tertiary/aromatic N) is 3. The first-order chi connectivity index (χ1) is 15.5. The van der Waals surface area contributed by atoms with Gasteiger partial charge in [-0.15, -0.1) is 0 Å². The highest BCUT2D eigenvalue weighted by molar-refractivity contribution is 6.31. The van der Waals surface area contributed by atoms with Gasteiger partial charge in [0.05, 0.1) is 22.3 Å². The van der Waals surface area contributed by atoms with Crippen LogP contribution in [0.4, 0.5) is 10.2 Å². The minimum Gasteiger partial charge on any atom is -0.490 e. The summed E-state index contributed by atoms with van der Waals surface area (Å²) >= 11 is 6.06. The van der Waals surface area contributed by atoms with E-state index >= 15 is 0 Å². The topological polar surface area (TPSA) is 90.3 Å². The largest absolute Gasteiger partial charge is 0.490 e. The van der Waals surface area contributed by atoms with Gasteiger partial charge in [-0.05, 0) is 37.8 Å². The van der Waals surface area contributed by atoms with E-state index < -0.39 is 11.7 Å². The molecule has 0 unspecified atom stereocenters. The highest BCUT2D eigenvalue weighted by Gasteiger charge is 2.25. The van der Waals surface area contributed by atoms with Crippen molar-refractivity contribution in [2.24, 2.45) is 0 Å². The van der Waals surface area contributed by atoms with Crippen molar-refractivity contribution in [2.75, 3.05) is 31.1 Å². The molecule has 2 heterocycles. The van der Waals surface area contributed by atoms with Gasteiger partial charge in [-0.25, -0.2) is 9.37 Å². The molecular weight excluding hydrogens is 433 g/mol. The molecule has 1 aliphatic heterocycles. The third-order valence-electron chi connectivity index (χ3n) is 5.90. The number of carbonyl (C=O) groups excluding carboxylic acids is 1. The molecule has 7 nitrogen and oxygen atoms in total. The molecule has 1 aliphatic carbocycles. The molecule has 0 radical (unpaired) electrons. The van der Waals surface area contributed by atoms with E-state index in [4.69, 9.17) is 21.6 Å². The summed E-state index contributed by atoms with van der Waals surface area (Å²) in [6, 6.07) is 8.34. The second-order valence-electron chi connectivity index (χ2n) is 8.08. The highest BCUT2D eigenvalue weighted by Crippen LogP contribution is 2.27. The van der Waals surface area contributed by atoms with E-state index in [2.05, 4.69) is 15.6 Å². The van der Waals surface area contributed by atoms with E-state index in [-0.39, 0.29) is 17.7 Å². The van der Waals surface area contributed by atoms with Crippen molar-refractivity contribution in [2.45, 2.75) is 37.8 Å². The minimum atomic E-state index is -0.555. The lowest BCUT2D eigenvalue weighted by molar-refractivity contribution is 0.0889. The van der Waals surface area contributed by atoms with Gasteiger partial charge in [0.2, 0.25) is 0 Å². The Morgan fingerprint density at radius 3 is 2.66 bits per heavy atom. The number of nitrogens with one attached hydrogen (secondary N) is 2. The van der Waals surface area contributed by atoms with Gasteiger partial charge in [0, 0.05) is 50.6 Å². The van der Waals surface area contributed by atoms with Crippen LogP contribution < -0.4 is 20.3 Å². The fourth-order valence-electron chi connectivity index (χ4n) is 4.10. The average molecular weight is 458 g/mol. The summed E-state index contributed by atoms with van der Waals surface area (Å²) in [4.78, 5) is 18.9. The number of carbonyl (C=O) groups is 1. The van der Waals surface area contributed by atoms with Gasteiger partial charge < -0.3 is 20.3 Å². The Hall–Kier alpha value is -2.89. The molecule has 1 aromatic heterocycles. The number of hydrogen-bond acceptors (Lipinski definition) is 6. The summed E-state index contributed by atoms with van der Waals surface area (Å²) in [7, 11) is 0. The van der Waals surface area contributed by atoms with Crippen LogP contribution in [0.15, 0.2) is 30.5 Å². The molecule has 0 atom stereocenters. The zero-order valence-electron chi connectivity index (χ0n) is 17.6. The predicted octanol–water partition coefficient (Wildman–Crippen LogP) is 3.28. The average Bonchev–Trinajstić information content (AvgIpc) is 2.81. The second-order valence-corrected chi connectivity index (χ2v) is 8.48. The first-order valence-corrected chi connectivity index (χ1v) is 11.2. The lowest BCUT2D eigenvalue weighted by atomic mass is 9.92. The van der Waals surface area contributed by atoms with E-state index in [1.807, 2.05) is 11.0 Å². The Morgan fingerprint density at radius 1 is 1.25 bits per heavy atom. The van der Waals surface area contributed by atoms with Gasteiger partial charge in [0.15, 0.2) is 0 Å². The van der Waals surface area contributed by atoms with Gasteiger partial charge in [0.1, 0.15) is 23.5 Å². The number of piperazine rings is 1. The van der Waals surface area contributed by atoms with Crippen LogP contribution in [-0.2, 0) is 0 Å². The number of rotatable bonds is 5. The molecular formula is C23H25ClFN5O2. The van der Waals surface area contributed by atoms with E-state index in [1.165, 1.54) is 12.3 Å². The van der Waals surface area contributed by atoms with Gasteiger partial charge in [-0.1, -0.05) is 11.6 Å². The lowest BCUT2D eigenvalue weighted by Crippen LogP contribution is -2.44. The van der Waals surface area contributed by atoms with Crippen LogP contribution in [0.1, 0.15) is 41.6 Å². The molecule has 9 heteroatoms. The monoisotopic (exact) mass is 457 g/mol. The standard InChI is InChI=1S/C23H25ClFN5O2/c24-20-11-18(4-1-15(20)13-26)32-17-5-2-16(3-6-17)29-23(31)19-14-28-22(12-21(19)25)30-9-7-27-8-10-30/h1,4,11-12,14,16-17,27H,2-3,5-10H2,(H,29,31)/t16-,17-. The maximum absolute atomic E-state index is 14.6. The molecule has 1 aromatic carbocycles. The molecule has 1 saturated carbocycles. The number of amides is 1. The van der Waals surface area contributed by atoms with Crippen molar-refractivity contribution >= 4 is 23.3 Å². The van der Waals surface area contributed by atoms with E-state index in [9.17, 15) is 9.18 Å². The van der Waals surface area contributed by atoms with E-state index in [0.29, 0.717) is 22.2 Å². The Labute approximate surface area is 191 Å². The molecule has 2 N–H and O–H groups in total. The summed E-state index contributed by atoms with van der Waals surface area (Å²) in [5.74, 6) is 0.186. The van der Waals surface area contributed by atoms with E-state index in [1.54, 1.807) is 18.2 Å². The van der Waals surface area contributed by atoms with Crippen molar-refractivity contribution in [1.29, 1.82) is 5.26 Å². The third-order valence-corrected chi connectivity index (χ3v) is 6.21. The van der Waals surface area contributed by atoms with Crippen molar-refractivity contribution in [3.05, 3.63) is 52.4 Å². The Kier molecular flexibility index (Phi) is 7.08. The number of halogens is 2. The van der Waals surface area contributed by atoms with Crippen molar-refractivity contribution in [3.63, 3.8) is 0 Å². The van der Waals surface area contributed by atoms with Crippen molar-refractivity contribution in [1.82, 2.24) is 15.6 Å². The minimum absolute atomic E-state index is 0.00359. The molecule has 0 spiro atoms. The summed E-state index contributed by atoms with van der Waals surface area (Å²) in [6.45, 7) is 3.18. The van der Waals surface area contributed by atoms with Crippen LogP contribution in [0.25, 0.3) is 0 Å². The third kappa shape index (κ3) is 5.29. The number of hydrogen-bond donors (Lipinski definition) is 2. The predicted molar refractivity (Wildman–Crippen MR) is 120 cm³/mol. The van der Waals surface area contributed by atoms with Crippen LogP contribution in [-0.4, -0.2) is 49.2 Å². The number of nitriles is 1. The first kappa shape index (κ1) is 22.3. The summed E-state index contributed by atoms with van der Waals surface area (Å²) < 4.78 is 20.6. The van der Waals surface area contributed by atoms with Gasteiger partial charge in [-0.2, -0.15) is 5.26 Å². The van der Waals surface area contributed by atoms with Crippen molar-refractivity contribution < 1.29 is 13.9 Å². The Balaban J connectivity index is 1.29. The molecule has 4 rings (SSSR count). The maximum atomic E-state index is 14.6. The summed E-state index contributed by atoms with van der Waals surface area (Å²) in [6.07, 6.45) is 4.30. The number of benzene rings is 1. The fraction of sp³-hybridized carbons (Fsp3) is 0.435. The van der Waals surface area contributed by atoms with Gasteiger partial charge in [0.25, 0.3) is 5.91 Å². The Morgan fingerprint density at radius 2 is 2.00 bits per heavy atom. The van der Waals surface area contributed by atoms with Crippen LogP contribution in [0.5, 0.6) is 5.75 Å². The van der Waals surface area contributed by atoms with Crippen LogP contribution in [0.3, 0.4) is 0 Å². The molecule has 2 aliphatic rings. The van der Waals surface area contributed by atoms with Gasteiger partial charge >= 0.3 is 0 Å². The molecule has 168 valence electrons. The number of ether oxygens (including phenoxy) is 1. The smallest absolute Gasteiger partial charge is 0.256 e. The van der Waals surface area contributed by atoms with E-state index in [0.717, 1.165) is 51.9 Å². The first-order valence-electron chi connectivity index (χ1n) is 10.8. The van der Waals surface area contributed by atoms with Crippen molar-refractivity contribution in [3.8, 4) is 11.8 Å². The van der Waals surface area contributed by atoms with Crippen LogP contribution in [0.2, 0.25) is 5.02 Å². The molecule has 32 heavy (non-hydrogen) atoms.